The highest BCUT2D eigenvalue weighted by atomic mass is 19.1. The largest absolute Gasteiger partial charge is 0.465 e. The molecule has 1 rings (SSSR count). The minimum atomic E-state index is -1.32. The molecular weight excluding hydrogens is 237 g/mol. The minimum absolute atomic E-state index is 0.0310. The lowest BCUT2D eigenvalue weighted by molar-refractivity contribution is -0.150. The van der Waals surface area contributed by atoms with Gasteiger partial charge in [0.2, 0.25) is 0 Å². The van der Waals surface area contributed by atoms with Gasteiger partial charge in [-0.3, -0.25) is 4.79 Å². The van der Waals surface area contributed by atoms with E-state index >= 15 is 0 Å². The van der Waals surface area contributed by atoms with Crippen molar-refractivity contribution in [3.63, 3.8) is 0 Å². The maximum absolute atomic E-state index is 13.9. The second kappa shape index (κ2) is 6.47. The fourth-order valence-corrected chi connectivity index (χ4v) is 1.95. The summed E-state index contributed by atoms with van der Waals surface area (Å²) in [6.07, 6.45) is 0.0310. The van der Waals surface area contributed by atoms with E-state index in [1.54, 1.807) is 13.0 Å². The zero-order chi connectivity index (χ0) is 13.6. The maximum atomic E-state index is 13.9. The molecule has 0 radical (unpaired) electrons. The molecule has 0 spiro atoms. The van der Waals surface area contributed by atoms with Crippen molar-refractivity contribution in [3.05, 3.63) is 35.6 Å². The fourth-order valence-electron chi connectivity index (χ4n) is 1.95. The third kappa shape index (κ3) is 2.68. The van der Waals surface area contributed by atoms with Crippen LogP contribution in [0.2, 0.25) is 0 Å². The normalized spacial score (nSPS) is 14.0. The Hall–Kier alpha value is -1.46. The van der Waals surface area contributed by atoms with Gasteiger partial charge in [0.05, 0.1) is 6.61 Å². The van der Waals surface area contributed by atoms with Gasteiger partial charge in [-0.25, -0.2) is 4.39 Å². The van der Waals surface area contributed by atoms with Crippen LogP contribution in [-0.2, 0) is 14.9 Å². The first-order chi connectivity index (χ1) is 8.62. The molecule has 100 valence electrons. The lowest BCUT2D eigenvalue weighted by Gasteiger charge is -2.30. The number of benzene rings is 1. The number of aliphatic hydroxyl groups excluding tert-OH is 1. The highest BCUT2D eigenvalue weighted by Gasteiger charge is 2.41. The summed E-state index contributed by atoms with van der Waals surface area (Å²) in [5.74, 6) is -1.13. The number of carbonyl (C=O) groups is 1. The first-order valence-corrected chi connectivity index (χ1v) is 5.85. The summed E-state index contributed by atoms with van der Waals surface area (Å²) in [6.45, 7) is 1.46. The molecule has 1 aromatic rings. The van der Waals surface area contributed by atoms with Crippen LogP contribution in [0.1, 0.15) is 18.9 Å². The zero-order valence-electron chi connectivity index (χ0n) is 10.4. The van der Waals surface area contributed by atoms with Crippen LogP contribution in [0.5, 0.6) is 0 Å². The lowest BCUT2D eigenvalue weighted by Crippen LogP contribution is -2.45. The number of nitrogens with two attached hydrogens (primary N) is 1. The highest BCUT2D eigenvalue weighted by Crippen LogP contribution is 2.30. The SMILES string of the molecule is CCOC(=O)C(CN)(CCO)c1ccccc1F. The highest BCUT2D eigenvalue weighted by molar-refractivity contribution is 5.83. The van der Waals surface area contributed by atoms with Crippen molar-refractivity contribution in [2.75, 3.05) is 19.8 Å². The molecule has 0 fully saturated rings. The Morgan fingerprint density at radius 1 is 1.50 bits per heavy atom. The van der Waals surface area contributed by atoms with Crippen molar-refractivity contribution in [3.8, 4) is 0 Å². The van der Waals surface area contributed by atoms with E-state index in [-0.39, 0.29) is 31.7 Å². The van der Waals surface area contributed by atoms with E-state index in [4.69, 9.17) is 15.6 Å². The Labute approximate surface area is 106 Å². The Morgan fingerprint density at radius 3 is 2.67 bits per heavy atom. The summed E-state index contributed by atoms with van der Waals surface area (Å²) in [7, 11) is 0. The first kappa shape index (κ1) is 14.6. The molecule has 0 aliphatic rings. The molecule has 1 aromatic carbocycles. The van der Waals surface area contributed by atoms with E-state index in [2.05, 4.69) is 0 Å². The molecule has 4 nitrogen and oxygen atoms in total. The van der Waals surface area contributed by atoms with Gasteiger partial charge in [-0.15, -0.1) is 0 Å². The van der Waals surface area contributed by atoms with Crippen LogP contribution in [-0.4, -0.2) is 30.8 Å². The number of hydrogen-bond acceptors (Lipinski definition) is 4. The summed E-state index contributed by atoms with van der Waals surface area (Å²) < 4.78 is 18.8. The Kier molecular flexibility index (Phi) is 5.25. The number of hydrogen-bond donors (Lipinski definition) is 2. The van der Waals surface area contributed by atoms with E-state index in [1.807, 2.05) is 0 Å². The molecule has 0 aliphatic carbocycles. The molecule has 5 heteroatoms. The molecule has 3 N–H and O–H groups in total. The Morgan fingerprint density at radius 2 is 2.17 bits per heavy atom. The summed E-state index contributed by atoms with van der Waals surface area (Å²) >= 11 is 0. The minimum Gasteiger partial charge on any atom is -0.465 e. The fraction of sp³-hybridized carbons (Fsp3) is 0.462. The molecule has 0 heterocycles. The molecule has 0 aromatic heterocycles. The van der Waals surface area contributed by atoms with Crippen LogP contribution in [0.4, 0.5) is 4.39 Å². The maximum Gasteiger partial charge on any atom is 0.318 e. The summed E-state index contributed by atoms with van der Waals surface area (Å²) in [5.41, 5.74) is 4.49. The molecule has 0 amide bonds. The van der Waals surface area contributed by atoms with Gasteiger partial charge in [-0.2, -0.15) is 0 Å². The number of ether oxygens (including phenoxy) is 1. The average Bonchev–Trinajstić information content (AvgIpc) is 2.37. The molecule has 0 saturated heterocycles. The van der Waals surface area contributed by atoms with E-state index < -0.39 is 17.2 Å². The first-order valence-electron chi connectivity index (χ1n) is 5.85. The molecule has 0 bridgehead atoms. The van der Waals surface area contributed by atoms with E-state index in [0.29, 0.717) is 0 Å². The van der Waals surface area contributed by atoms with Crippen LogP contribution >= 0.6 is 0 Å². The van der Waals surface area contributed by atoms with Crippen molar-refractivity contribution in [2.24, 2.45) is 5.73 Å². The quantitative estimate of drug-likeness (QED) is 0.743. The predicted octanol–water partition coefficient (Wildman–Crippen LogP) is 0.968. The molecular formula is C13H18FNO3. The van der Waals surface area contributed by atoms with Crippen LogP contribution < -0.4 is 5.73 Å². The molecule has 18 heavy (non-hydrogen) atoms. The van der Waals surface area contributed by atoms with Crippen LogP contribution in [0.15, 0.2) is 24.3 Å². The number of rotatable bonds is 6. The average molecular weight is 255 g/mol. The second-order valence-corrected chi connectivity index (χ2v) is 3.96. The van der Waals surface area contributed by atoms with Gasteiger partial charge in [0.25, 0.3) is 0 Å². The van der Waals surface area contributed by atoms with Crippen molar-refractivity contribution >= 4 is 5.97 Å². The van der Waals surface area contributed by atoms with Gasteiger partial charge < -0.3 is 15.6 Å². The van der Waals surface area contributed by atoms with Crippen molar-refractivity contribution in [1.29, 1.82) is 0 Å². The van der Waals surface area contributed by atoms with E-state index in [1.165, 1.54) is 18.2 Å². The standard InChI is InChI=1S/C13H18FNO3/c1-2-18-12(17)13(9-15,7-8-16)10-5-3-4-6-11(10)14/h3-6,16H,2,7-9,15H2,1H3. The van der Waals surface area contributed by atoms with Gasteiger partial charge in [0.1, 0.15) is 11.2 Å². The number of halogens is 1. The van der Waals surface area contributed by atoms with Crippen molar-refractivity contribution < 1.29 is 19.0 Å². The van der Waals surface area contributed by atoms with E-state index in [9.17, 15) is 9.18 Å². The number of carbonyl (C=O) groups excluding carboxylic acids is 1. The van der Waals surface area contributed by atoms with Gasteiger partial charge in [0.15, 0.2) is 0 Å². The van der Waals surface area contributed by atoms with Gasteiger partial charge in [-0.1, -0.05) is 18.2 Å². The lowest BCUT2D eigenvalue weighted by atomic mass is 9.77. The number of aliphatic hydroxyl groups is 1. The Balaban J connectivity index is 3.27. The van der Waals surface area contributed by atoms with Crippen LogP contribution in [0.25, 0.3) is 0 Å². The van der Waals surface area contributed by atoms with Gasteiger partial charge in [-0.05, 0) is 19.4 Å². The summed E-state index contributed by atoms with van der Waals surface area (Å²) in [6, 6.07) is 5.91. The van der Waals surface area contributed by atoms with Gasteiger partial charge >= 0.3 is 5.97 Å². The smallest absolute Gasteiger partial charge is 0.318 e. The molecule has 0 aliphatic heterocycles. The van der Waals surface area contributed by atoms with Crippen LogP contribution in [0.3, 0.4) is 0 Å². The molecule has 1 unspecified atom stereocenters. The number of esters is 1. The monoisotopic (exact) mass is 255 g/mol. The predicted molar refractivity (Wildman–Crippen MR) is 65.5 cm³/mol. The zero-order valence-corrected chi connectivity index (χ0v) is 10.4. The van der Waals surface area contributed by atoms with Crippen molar-refractivity contribution in [2.45, 2.75) is 18.8 Å². The van der Waals surface area contributed by atoms with Crippen LogP contribution in [0, 0.1) is 5.82 Å². The van der Waals surface area contributed by atoms with Gasteiger partial charge in [0, 0.05) is 18.7 Å². The third-order valence-electron chi connectivity index (χ3n) is 2.94. The molecule has 1 atom stereocenters. The summed E-state index contributed by atoms with van der Waals surface area (Å²) in [5, 5.41) is 9.12. The topological polar surface area (TPSA) is 72.5 Å². The second-order valence-electron chi connectivity index (χ2n) is 3.96. The third-order valence-corrected chi connectivity index (χ3v) is 2.94. The summed E-state index contributed by atoms with van der Waals surface area (Å²) in [4.78, 5) is 12.1. The molecule has 0 saturated carbocycles. The van der Waals surface area contributed by atoms with E-state index in [0.717, 1.165) is 0 Å². The Bertz CT molecular complexity index is 411. The van der Waals surface area contributed by atoms with Crippen molar-refractivity contribution in [1.82, 2.24) is 0 Å².